The molecule has 0 aromatic heterocycles. The summed E-state index contributed by atoms with van der Waals surface area (Å²) in [6.45, 7) is 4.95. The molecule has 0 aliphatic carbocycles. The topological polar surface area (TPSA) is 29.5 Å². The normalized spacial score (nSPS) is 12.4. The van der Waals surface area contributed by atoms with Crippen LogP contribution in [0, 0.1) is 0 Å². The molecule has 0 amide bonds. The van der Waals surface area contributed by atoms with Crippen LogP contribution in [0.15, 0.2) is 24.3 Å². The molecule has 1 N–H and O–H groups in total. The zero-order chi connectivity index (χ0) is 11.8. The summed E-state index contributed by atoms with van der Waals surface area (Å²) in [7, 11) is 0. The molecular formula is C14H22O2. The van der Waals surface area contributed by atoms with Crippen LogP contribution >= 0.6 is 0 Å². The van der Waals surface area contributed by atoms with Gasteiger partial charge < -0.3 is 9.84 Å². The summed E-state index contributed by atoms with van der Waals surface area (Å²) in [6, 6.07) is 7.77. The van der Waals surface area contributed by atoms with Crippen LogP contribution in [0.4, 0.5) is 0 Å². The van der Waals surface area contributed by atoms with E-state index in [9.17, 15) is 5.11 Å². The summed E-state index contributed by atoms with van der Waals surface area (Å²) >= 11 is 0. The van der Waals surface area contributed by atoms with Crippen molar-refractivity contribution in [1.29, 1.82) is 0 Å². The van der Waals surface area contributed by atoms with E-state index in [1.165, 1.54) is 0 Å². The smallest absolute Gasteiger partial charge is 0.119 e. The predicted molar refractivity (Wildman–Crippen MR) is 66.7 cm³/mol. The fourth-order valence-corrected chi connectivity index (χ4v) is 1.60. The zero-order valence-electron chi connectivity index (χ0n) is 10.3. The third kappa shape index (κ3) is 4.23. The standard InChI is InChI=1S/C14H22O2/c1-3-5-9-14(15)12-7-6-8-13(11-12)16-10-4-2/h6-8,11,14-15H,3-5,9-10H2,1-2H3. The molecule has 2 nitrogen and oxygen atoms in total. The van der Waals surface area contributed by atoms with Crippen LogP contribution in [0.1, 0.15) is 51.2 Å². The summed E-state index contributed by atoms with van der Waals surface area (Å²) in [4.78, 5) is 0. The van der Waals surface area contributed by atoms with Crippen molar-refractivity contribution in [3.05, 3.63) is 29.8 Å². The van der Waals surface area contributed by atoms with Crippen molar-refractivity contribution >= 4 is 0 Å². The van der Waals surface area contributed by atoms with Gasteiger partial charge in [0.15, 0.2) is 0 Å². The van der Waals surface area contributed by atoms with Crippen LogP contribution in [-0.4, -0.2) is 11.7 Å². The molecule has 0 spiro atoms. The quantitative estimate of drug-likeness (QED) is 0.762. The molecule has 1 atom stereocenters. The number of rotatable bonds is 7. The minimum absolute atomic E-state index is 0.356. The van der Waals surface area contributed by atoms with E-state index in [1.807, 2.05) is 24.3 Å². The maximum atomic E-state index is 9.95. The van der Waals surface area contributed by atoms with Crippen molar-refractivity contribution in [2.24, 2.45) is 0 Å². The van der Waals surface area contributed by atoms with Crippen molar-refractivity contribution in [2.75, 3.05) is 6.61 Å². The lowest BCUT2D eigenvalue weighted by Gasteiger charge is -2.12. The Hall–Kier alpha value is -1.02. The Morgan fingerprint density at radius 2 is 2.06 bits per heavy atom. The first kappa shape index (κ1) is 13.0. The van der Waals surface area contributed by atoms with Crippen LogP contribution in [0.25, 0.3) is 0 Å². The van der Waals surface area contributed by atoms with Gasteiger partial charge >= 0.3 is 0 Å². The Bertz CT molecular complexity index is 297. The molecule has 1 rings (SSSR count). The average Bonchev–Trinajstić information content (AvgIpc) is 2.33. The highest BCUT2D eigenvalue weighted by atomic mass is 16.5. The highest BCUT2D eigenvalue weighted by molar-refractivity contribution is 5.29. The molecule has 2 heteroatoms. The van der Waals surface area contributed by atoms with E-state index in [1.54, 1.807) is 0 Å². The lowest BCUT2D eigenvalue weighted by molar-refractivity contribution is 0.163. The van der Waals surface area contributed by atoms with Gasteiger partial charge in [0, 0.05) is 0 Å². The van der Waals surface area contributed by atoms with Gasteiger partial charge in [-0.15, -0.1) is 0 Å². The minimum atomic E-state index is -0.356. The second kappa shape index (κ2) is 7.29. The van der Waals surface area contributed by atoms with Crippen LogP contribution in [0.5, 0.6) is 5.75 Å². The second-order valence-electron chi connectivity index (χ2n) is 4.08. The van der Waals surface area contributed by atoms with Gasteiger partial charge in [0.25, 0.3) is 0 Å². The molecular weight excluding hydrogens is 200 g/mol. The van der Waals surface area contributed by atoms with Gasteiger partial charge in [-0.25, -0.2) is 0 Å². The lowest BCUT2D eigenvalue weighted by Crippen LogP contribution is -1.99. The molecule has 1 aromatic rings. The van der Waals surface area contributed by atoms with Gasteiger partial charge in [-0.2, -0.15) is 0 Å². The maximum absolute atomic E-state index is 9.95. The van der Waals surface area contributed by atoms with Gasteiger partial charge in [-0.05, 0) is 30.5 Å². The summed E-state index contributed by atoms with van der Waals surface area (Å²) in [5.74, 6) is 0.856. The number of hydrogen-bond acceptors (Lipinski definition) is 2. The average molecular weight is 222 g/mol. The first-order valence-corrected chi connectivity index (χ1v) is 6.18. The molecule has 0 saturated carbocycles. The molecule has 1 unspecified atom stereocenters. The SMILES string of the molecule is CCCCC(O)c1cccc(OCCC)c1. The third-order valence-electron chi connectivity index (χ3n) is 2.55. The number of aliphatic hydroxyl groups is 1. The molecule has 16 heavy (non-hydrogen) atoms. The maximum Gasteiger partial charge on any atom is 0.119 e. The van der Waals surface area contributed by atoms with Crippen molar-refractivity contribution in [2.45, 2.75) is 45.6 Å². The first-order valence-electron chi connectivity index (χ1n) is 6.18. The number of unbranched alkanes of at least 4 members (excludes halogenated alkanes) is 1. The summed E-state index contributed by atoms with van der Waals surface area (Å²) in [5.41, 5.74) is 0.960. The van der Waals surface area contributed by atoms with Crippen LogP contribution < -0.4 is 4.74 Å². The van der Waals surface area contributed by atoms with E-state index in [0.717, 1.165) is 43.6 Å². The number of aliphatic hydroxyl groups excluding tert-OH is 1. The van der Waals surface area contributed by atoms with Crippen LogP contribution in [0.2, 0.25) is 0 Å². The summed E-state index contributed by atoms with van der Waals surface area (Å²) < 4.78 is 5.54. The third-order valence-corrected chi connectivity index (χ3v) is 2.55. The monoisotopic (exact) mass is 222 g/mol. The van der Waals surface area contributed by atoms with Crippen molar-refractivity contribution in [1.82, 2.24) is 0 Å². The van der Waals surface area contributed by atoms with Crippen LogP contribution in [0.3, 0.4) is 0 Å². The van der Waals surface area contributed by atoms with E-state index in [-0.39, 0.29) is 6.10 Å². The highest BCUT2D eigenvalue weighted by Gasteiger charge is 2.07. The Balaban J connectivity index is 2.58. The van der Waals surface area contributed by atoms with Crippen molar-refractivity contribution in [3.63, 3.8) is 0 Å². The molecule has 0 fully saturated rings. The van der Waals surface area contributed by atoms with Gasteiger partial charge in [-0.1, -0.05) is 38.8 Å². The molecule has 0 aliphatic rings. The Kier molecular flexibility index (Phi) is 5.94. The molecule has 0 radical (unpaired) electrons. The lowest BCUT2D eigenvalue weighted by atomic mass is 10.0. The van der Waals surface area contributed by atoms with Crippen molar-refractivity contribution < 1.29 is 9.84 Å². The van der Waals surface area contributed by atoms with Gasteiger partial charge in [0.2, 0.25) is 0 Å². The van der Waals surface area contributed by atoms with E-state index < -0.39 is 0 Å². The van der Waals surface area contributed by atoms with Gasteiger partial charge in [0.1, 0.15) is 5.75 Å². The van der Waals surface area contributed by atoms with E-state index in [0.29, 0.717) is 0 Å². The number of hydrogen-bond donors (Lipinski definition) is 1. The highest BCUT2D eigenvalue weighted by Crippen LogP contribution is 2.23. The van der Waals surface area contributed by atoms with Gasteiger partial charge in [-0.3, -0.25) is 0 Å². The summed E-state index contributed by atoms with van der Waals surface area (Å²) in [6.07, 6.45) is 3.64. The molecule has 0 bridgehead atoms. The fourth-order valence-electron chi connectivity index (χ4n) is 1.60. The van der Waals surface area contributed by atoms with E-state index in [2.05, 4.69) is 13.8 Å². The number of benzene rings is 1. The Morgan fingerprint density at radius 1 is 1.25 bits per heavy atom. The Labute approximate surface area is 98.3 Å². The Morgan fingerprint density at radius 3 is 2.75 bits per heavy atom. The van der Waals surface area contributed by atoms with Crippen molar-refractivity contribution in [3.8, 4) is 5.75 Å². The molecule has 90 valence electrons. The summed E-state index contributed by atoms with van der Waals surface area (Å²) in [5, 5.41) is 9.95. The minimum Gasteiger partial charge on any atom is -0.494 e. The first-order chi connectivity index (χ1) is 7.77. The largest absolute Gasteiger partial charge is 0.494 e. The molecule has 0 heterocycles. The van der Waals surface area contributed by atoms with Crippen LogP contribution in [-0.2, 0) is 0 Å². The van der Waals surface area contributed by atoms with Gasteiger partial charge in [0.05, 0.1) is 12.7 Å². The van der Waals surface area contributed by atoms with E-state index >= 15 is 0 Å². The zero-order valence-corrected chi connectivity index (χ0v) is 10.3. The van der Waals surface area contributed by atoms with E-state index in [4.69, 9.17) is 4.74 Å². The molecule has 1 aromatic carbocycles. The number of ether oxygens (including phenoxy) is 1. The fraction of sp³-hybridized carbons (Fsp3) is 0.571. The molecule has 0 saturated heterocycles. The second-order valence-corrected chi connectivity index (χ2v) is 4.08. The predicted octanol–water partition coefficient (Wildman–Crippen LogP) is 3.70. The molecule has 0 aliphatic heterocycles.